The Balaban J connectivity index is 2.36. The van der Waals surface area contributed by atoms with Gasteiger partial charge < -0.3 is 9.47 Å². The Morgan fingerprint density at radius 2 is 2.05 bits per heavy atom. The first-order chi connectivity index (χ1) is 9.88. The van der Waals surface area contributed by atoms with Crippen molar-refractivity contribution in [1.29, 1.82) is 0 Å². The van der Waals surface area contributed by atoms with Crippen LogP contribution in [0.5, 0.6) is 0 Å². The van der Waals surface area contributed by atoms with E-state index in [0.29, 0.717) is 6.42 Å². The summed E-state index contributed by atoms with van der Waals surface area (Å²) in [6, 6.07) is 0. The zero-order chi connectivity index (χ0) is 15.6. The van der Waals surface area contributed by atoms with Crippen molar-refractivity contribution < 1.29 is 19.1 Å². The summed E-state index contributed by atoms with van der Waals surface area (Å²) in [6.07, 6.45) is 6.20. The summed E-state index contributed by atoms with van der Waals surface area (Å²) in [6.45, 7) is 7.38. The van der Waals surface area contributed by atoms with Crippen LogP contribution in [0.2, 0.25) is 0 Å². The number of allylic oxidation sites excluding steroid dienone is 2. The lowest BCUT2D eigenvalue weighted by atomic mass is 9.82. The van der Waals surface area contributed by atoms with E-state index in [4.69, 9.17) is 9.47 Å². The zero-order valence-corrected chi connectivity index (χ0v) is 13.2. The van der Waals surface area contributed by atoms with Crippen LogP contribution in [0.25, 0.3) is 0 Å². The first-order valence-corrected chi connectivity index (χ1v) is 7.59. The minimum Gasteiger partial charge on any atom is -0.462 e. The number of ether oxygens (including phenoxy) is 2. The van der Waals surface area contributed by atoms with Gasteiger partial charge in [0.15, 0.2) is 0 Å². The molecule has 0 N–H and O–H groups in total. The molecule has 4 heteroatoms. The van der Waals surface area contributed by atoms with Crippen LogP contribution in [0, 0.1) is 11.8 Å². The van der Waals surface area contributed by atoms with Crippen molar-refractivity contribution in [3.63, 3.8) is 0 Å². The standard InChI is InChI=1S/C17H24O4/c1-10-6-5-7-11(2)9-15-16(12(3)17(19)21-15)14(8-10)20-13(4)18/h6,9,12,14-16H,5,7-8H2,1-4H3/b10-6+,11-9+. The summed E-state index contributed by atoms with van der Waals surface area (Å²) < 4.78 is 11.0. The van der Waals surface area contributed by atoms with Crippen molar-refractivity contribution in [2.45, 2.75) is 59.2 Å². The van der Waals surface area contributed by atoms with E-state index in [-0.39, 0.29) is 36.0 Å². The lowest BCUT2D eigenvalue weighted by Crippen LogP contribution is -2.35. The fourth-order valence-corrected chi connectivity index (χ4v) is 3.22. The molecule has 1 saturated heterocycles. The molecule has 0 spiro atoms. The lowest BCUT2D eigenvalue weighted by Gasteiger charge is -2.28. The first-order valence-electron chi connectivity index (χ1n) is 7.59. The molecule has 1 fully saturated rings. The maximum Gasteiger partial charge on any atom is 0.309 e. The van der Waals surface area contributed by atoms with Crippen LogP contribution in [0.3, 0.4) is 0 Å². The number of hydrogen-bond acceptors (Lipinski definition) is 4. The minimum absolute atomic E-state index is 0.113. The summed E-state index contributed by atoms with van der Waals surface area (Å²) in [5, 5.41) is 0. The van der Waals surface area contributed by atoms with Crippen molar-refractivity contribution in [3.05, 3.63) is 23.3 Å². The molecule has 0 bridgehead atoms. The molecule has 21 heavy (non-hydrogen) atoms. The number of carbonyl (C=O) groups is 2. The van der Waals surface area contributed by atoms with E-state index in [9.17, 15) is 9.59 Å². The van der Waals surface area contributed by atoms with Gasteiger partial charge in [-0.05, 0) is 32.8 Å². The topological polar surface area (TPSA) is 52.6 Å². The summed E-state index contributed by atoms with van der Waals surface area (Å²) >= 11 is 0. The van der Waals surface area contributed by atoms with Gasteiger partial charge in [-0.15, -0.1) is 0 Å². The van der Waals surface area contributed by atoms with Crippen molar-refractivity contribution in [2.24, 2.45) is 11.8 Å². The van der Waals surface area contributed by atoms with Crippen LogP contribution in [0.4, 0.5) is 0 Å². The van der Waals surface area contributed by atoms with E-state index in [1.807, 2.05) is 13.0 Å². The molecule has 0 aromatic carbocycles. The maximum absolute atomic E-state index is 11.9. The molecule has 116 valence electrons. The minimum atomic E-state index is -0.313. The molecule has 1 aliphatic heterocycles. The van der Waals surface area contributed by atoms with Gasteiger partial charge in [-0.1, -0.05) is 24.1 Å². The normalized spacial score (nSPS) is 38.4. The van der Waals surface area contributed by atoms with Crippen LogP contribution in [-0.2, 0) is 19.1 Å². The van der Waals surface area contributed by atoms with E-state index < -0.39 is 0 Å². The summed E-state index contributed by atoms with van der Waals surface area (Å²) in [5.74, 6) is -0.878. The largest absolute Gasteiger partial charge is 0.462 e. The highest BCUT2D eigenvalue weighted by Crippen LogP contribution is 2.37. The monoisotopic (exact) mass is 292 g/mol. The molecule has 4 nitrogen and oxygen atoms in total. The molecule has 4 atom stereocenters. The van der Waals surface area contributed by atoms with Crippen LogP contribution in [0.1, 0.15) is 47.0 Å². The number of carbonyl (C=O) groups excluding carboxylic acids is 2. The summed E-state index contributed by atoms with van der Waals surface area (Å²) in [7, 11) is 0. The second-order valence-electron chi connectivity index (χ2n) is 6.22. The van der Waals surface area contributed by atoms with Crippen LogP contribution < -0.4 is 0 Å². The third kappa shape index (κ3) is 3.74. The number of fused-ring (bicyclic) bond motifs is 1. The molecular weight excluding hydrogens is 268 g/mol. The highest BCUT2D eigenvalue weighted by atomic mass is 16.6. The third-order valence-electron chi connectivity index (χ3n) is 4.33. The number of hydrogen-bond donors (Lipinski definition) is 0. The van der Waals surface area contributed by atoms with Crippen LogP contribution >= 0.6 is 0 Å². The van der Waals surface area contributed by atoms with Gasteiger partial charge in [0.2, 0.25) is 0 Å². The highest BCUT2D eigenvalue weighted by Gasteiger charge is 2.46. The molecule has 1 aliphatic carbocycles. The van der Waals surface area contributed by atoms with E-state index >= 15 is 0 Å². The Morgan fingerprint density at radius 1 is 1.33 bits per heavy atom. The Morgan fingerprint density at radius 3 is 2.71 bits per heavy atom. The molecule has 0 aromatic heterocycles. The Bertz CT molecular complexity index is 489. The van der Waals surface area contributed by atoms with Crippen molar-refractivity contribution in [3.8, 4) is 0 Å². The SMILES string of the molecule is CC(=O)OC1C/C(C)=C/CC/C(C)=C/C2OC(=O)C(C)C21. The Hall–Kier alpha value is -1.58. The fourth-order valence-electron chi connectivity index (χ4n) is 3.22. The predicted molar refractivity (Wildman–Crippen MR) is 79.5 cm³/mol. The second kappa shape index (κ2) is 6.46. The van der Waals surface area contributed by atoms with Gasteiger partial charge >= 0.3 is 11.9 Å². The first kappa shape index (κ1) is 15.8. The van der Waals surface area contributed by atoms with E-state index in [0.717, 1.165) is 12.8 Å². The van der Waals surface area contributed by atoms with Crippen molar-refractivity contribution >= 4 is 11.9 Å². The summed E-state index contributed by atoms with van der Waals surface area (Å²) in [5.41, 5.74) is 2.40. The number of esters is 2. The van der Waals surface area contributed by atoms with Gasteiger partial charge in [-0.2, -0.15) is 0 Å². The quantitative estimate of drug-likeness (QED) is 0.550. The number of rotatable bonds is 1. The van der Waals surface area contributed by atoms with Gasteiger partial charge in [-0.3, -0.25) is 9.59 Å². The smallest absolute Gasteiger partial charge is 0.309 e. The average molecular weight is 292 g/mol. The molecule has 0 saturated carbocycles. The molecular formula is C17H24O4. The Labute approximate surface area is 126 Å². The highest BCUT2D eigenvalue weighted by molar-refractivity contribution is 5.75. The molecule has 0 amide bonds. The van der Waals surface area contributed by atoms with E-state index in [1.54, 1.807) is 0 Å². The van der Waals surface area contributed by atoms with Gasteiger partial charge in [-0.25, -0.2) is 0 Å². The predicted octanol–water partition coefficient (Wildman–Crippen LogP) is 3.17. The summed E-state index contributed by atoms with van der Waals surface area (Å²) in [4.78, 5) is 23.4. The maximum atomic E-state index is 11.9. The van der Waals surface area contributed by atoms with Gasteiger partial charge in [0, 0.05) is 13.3 Å². The molecule has 0 aromatic rings. The van der Waals surface area contributed by atoms with Crippen molar-refractivity contribution in [1.82, 2.24) is 0 Å². The van der Waals surface area contributed by atoms with Crippen LogP contribution in [0.15, 0.2) is 23.3 Å². The third-order valence-corrected chi connectivity index (χ3v) is 4.33. The van der Waals surface area contributed by atoms with Crippen LogP contribution in [-0.4, -0.2) is 24.1 Å². The Kier molecular flexibility index (Phi) is 4.86. The molecule has 0 radical (unpaired) electrons. The lowest BCUT2D eigenvalue weighted by molar-refractivity contribution is -0.150. The second-order valence-corrected chi connectivity index (χ2v) is 6.22. The van der Waals surface area contributed by atoms with Crippen molar-refractivity contribution in [2.75, 3.05) is 0 Å². The molecule has 1 heterocycles. The fraction of sp³-hybridized carbons (Fsp3) is 0.647. The molecule has 2 rings (SSSR count). The average Bonchev–Trinajstić information content (AvgIpc) is 2.62. The molecule has 4 unspecified atom stereocenters. The molecule has 2 aliphatic rings. The van der Waals surface area contributed by atoms with Gasteiger partial charge in [0.1, 0.15) is 12.2 Å². The van der Waals surface area contributed by atoms with Gasteiger partial charge in [0.25, 0.3) is 0 Å². The van der Waals surface area contributed by atoms with E-state index in [2.05, 4.69) is 19.9 Å². The zero-order valence-electron chi connectivity index (χ0n) is 13.2. The van der Waals surface area contributed by atoms with Gasteiger partial charge in [0.05, 0.1) is 11.8 Å². The van der Waals surface area contributed by atoms with E-state index in [1.165, 1.54) is 18.1 Å².